The van der Waals surface area contributed by atoms with E-state index in [-0.39, 0.29) is 18.4 Å². The number of hydrogen-bond acceptors (Lipinski definition) is 5. The van der Waals surface area contributed by atoms with Gasteiger partial charge in [-0.2, -0.15) is 0 Å². The van der Waals surface area contributed by atoms with Crippen molar-refractivity contribution < 1.29 is 17.9 Å². The standard InChI is InChI=1S/C14H22N2O4S/c1-2-19-14-6-5-12(8-11(14)9-15)16-21(17,18)10-13-4-3-7-20-13/h5-6,8,13,16H,2-4,7,9-10,15H2,1H3. The van der Waals surface area contributed by atoms with Crippen LogP contribution < -0.4 is 15.2 Å². The molecule has 7 heteroatoms. The summed E-state index contributed by atoms with van der Waals surface area (Å²) in [6.45, 7) is 3.35. The zero-order valence-corrected chi connectivity index (χ0v) is 13.0. The molecular formula is C14H22N2O4S. The van der Waals surface area contributed by atoms with Crippen molar-refractivity contribution in [3.05, 3.63) is 23.8 Å². The number of ether oxygens (including phenoxy) is 2. The average Bonchev–Trinajstić information content (AvgIpc) is 2.92. The maximum Gasteiger partial charge on any atom is 0.235 e. The molecule has 1 atom stereocenters. The van der Waals surface area contributed by atoms with E-state index in [4.69, 9.17) is 15.2 Å². The number of benzene rings is 1. The predicted molar refractivity (Wildman–Crippen MR) is 81.9 cm³/mol. The van der Waals surface area contributed by atoms with Crippen molar-refractivity contribution in [1.29, 1.82) is 0 Å². The number of sulfonamides is 1. The molecule has 1 aliphatic heterocycles. The second-order valence-electron chi connectivity index (χ2n) is 4.98. The van der Waals surface area contributed by atoms with Gasteiger partial charge >= 0.3 is 0 Å². The van der Waals surface area contributed by atoms with Gasteiger partial charge in [0, 0.05) is 24.4 Å². The van der Waals surface area contributed by atoms with Gasteiger partial charge in [0.25, 0.3) is 0 Å². The molecule has 1 aromatic carbocycles. The van der Waals surface area contributed by atoms with Crippen LogP contribution in [0.3, 0.4) is 0 Å². The molecule has 0 radical (unpaired) electrons. The smallest absolute Gasteiger partial charge is 0.235 e. The largest absolute Gasteiger partial charge is 0.494 e. The van der Waals surface area contributed by atoms with Gasteiger partial charge in [-0.15, -0.1) is 0 Å². The summed E-state index contributed by atoms with van der Waals surface area (Å²) in [6, 6.07) is 5.12. The van der Waals surface area contributed by atoms with Gasteiger partial charge in [0.1, 0.15) is 5.75 Å². The third kappa shape index (κ3) is 4.59. The molecule has 6 nitrogen and oxygen atoms in total. The Kier molecular flexibility index (Phi) is 5.44. The number of anilines is 1. The van der Waals surface area contributed by atoms with E-state index >= 15 is 0 Å². The van der Waals surface area contributed by atoms with E-state index in [1.165, 1.54) is 0 Å². The van der Waals surface area contributed by atoms with Gasteiger partial charge in [-0.05, 0) is 38.0 Å². The molecule has 0 aliphatic carbocycles. The Hall–Kier alpha value is -1.31. The Balaban J connectivity index is 2.07. The summed E-state index contributed by atoms with van der Waals surface area (Å²) in [5.74, 6) is 0.667. The molecule has 3 N–H and O–H groups in total. The molecule has 1 unspecified atom stereocenters. The van der Waals surface area contributed by atoms with Crippen LogP contribution in [-0.4, -0.2) is 33.5 Å². The lowest BCUT2D eigenvalue weighted by Crippen LogP contribution is -2.25. The predicted octanol–water partition coefficient (Wildman–Crippen LogP) is 1.46. The molecule has 1 fully saturated rings. The zero-order chi connectivity index (χ0) is 15.3. The first-order chi connectivity index (χ1) is 10.0. The van der Waals surface area contributed by atoms with Gasteiger partial charge in [0.15, 0.2) is 0 Å². The summed E-state index contributed by atoms with van der Waals surface area (Å²) in [5, 5.41) is 0. The Bertz CT molecular complexity index is 568. The highest BCUT2D eigenvalue weighted by atomic mass is 32.2. The SMILES string of the molecule is CCOc1ccc(NS(=O)(=O)CC2CCCO2)cc1CN. The molecule has 118 valence electrons. The van der Waals surface area contributed by atoms with Crippen molar-refractivity contribution in [2.75, 3.05) is 23.7 Å². The quantitative estimate of drug-likeness (QED) is 0.795. The van der Waals surface area contributed by atoms with Crippen molar-refractivity contribution >= 4 is 15.7 Å². The van der Waals surface area contributed by atoms with Gasteiger partial charge in [0.2, 0.25) is 10.0 Å². The van der Waals surface area contributed by atoms with E-state index in [0.717, 1.165) is 18.4 Å². The van der Waals surface area contributed by atoms with Crippen LogP contribution in [-0.2, 0) is 21.3 Å². The van der Waals surface area contributed by atoms with Crippen molar-refractivity contribution in [2.24, 2.45) is 5.73 Å². The Morgan fingerprint density at radius 3 is 2.90 bits per heavy atom. The van der Waals surface area contributed by atoms with Crippen molar-refractivity contribution in [3.63, 3.8) is 0 Å². The van der Waals surface area contributed by atoms with Gasteiger partial charge in [0.05, 0.1) is 18.5 Å². The van der Waals surface area contributed by atoms with E-state index in [2.05, 4.69) is 4.72 Å². The third-order valence-corrected chi connectivity index (χ3v) is 4.64. The van der Waals surface area contributed by atoms with Gasteiger partial charge in [-0.1, -0.05) is 0 Å². The Labute approximate surface area is 125 Å². The zero-order valence-electron chi connectivity index (χ0n) is 12.2. The van der Waals surface area contributed by atoms with Crippen LogP contribution in [0.2, 0.25) is 0 Å². The highest BCUT2D eigenvalue weighted by Gasteiger charge is 2.23. The van der Waals surface area contributed by atoms with Crippen LogP contribution in [0.15, 0.2) is 18.2 Å². The van der Waals surface area contributed by atoms with Crippen LogP contribution in [0.25, 0.3) is 0 Å². The van der Waals surface area contributed by atoms with Crippen LogP contribution in [0.5, 0.6) is 5.75 Å². The molecular weight excluding hydrogens is 292 g/mol. The van der Waals surface area contributed by atoms with Gasteiger partial charge in [-0.3, -0.25) is 4.72 Å². The summed E-state index contributed by atoms with van der Waals surface area (Å²) < 4.78 is 37.6. The number of nitrogens with one attached hydrogen (secondary N) is 1. The highest BCUT2D eigenvalue weighted by Crippen LogP contribution is 2.24. The van der Waals surface area contributed by atoms with E-state index in [1.807, 2.05) is 6.92 Å². The van der Waals surface area contributed by atoms with Crippen LogP contribution >= 0.6 is 0 Å². The summed E-state index contributed by atoms with van der Waals surface area (Å²) in [5.41, 5.74) is 6.94. The Morgan fingerprint density at radius 1 is 1.48 bits per heavy atom. The van der Waals surface area contributed by atoms with Crippen LogP contribution in [0, 0.1) is 0 Å². The molecule has 1 aromatic rings. The van der Waals surface area contributed by atoms with E-state index in [1.54, 1.807) is 18.2 Å². The number of hydrogen-bond donors (Lipinski definition) is 2. The highest BCUT2D eigenvalue weighted by molar-refractivity contribution is 7.92. The summed E-state index contributed by atoms with van der Waals surface area (Å²) in [7, 11) is -3.42. The topological polar surface area (TPSA) is 90.6 Å². The van der Waals surface area contributed by atoms with Gasteiger partial charge in [-0.25, -0.2) is 8.42 Å². The average molecular weight is 314 g/mol. The van der Waals surface area contributed by atoms with E-state index in [0.29, 0.717) is 24.7 Å². The number of nitrogens with two attached hydrogens (primary N) is 1. The maximum absolute atomic E-state index is 12.1. The van der Waals surface area contributed by atoms with Crippen LogP contribution in [0.1, 0.15) is 25.3 Å². The summed E-state index contributed by atoms with van der Waals surface area (Å²) in [6.07, 6.45) is 1.50. The van der Waals surface area contributed by atoms with Gasteiger partial charge < -0.3 is 15.2 Å². The minimum atomic E-state index is -3.42. The minimum absolute atomic E-state index is 0.0157. The van der Waals surface area contributed by atoms with E-state index in [9.17, 15) is 8.42 Å². The van der Waals surface area contributed by atoms with Crippen molar-refractivity contribution in [3.8, 4) is 5.75 Å². The third-order valence-electron chi connectivity index (χ3n) is 3.28. The molecule has 0 bridgehead atoms. The molecule has 1 heterocycles. The minimum Gasteiger partial charge on any atom is -0.494 e. The summed E-state index contributed by atoms with van der Waals surface area (Å²) in [4.78, 5) is 0. The van der Waals surface area contributed by atoms with E-state index < -0.39 is 10.0 Å². The molecule has 0 saturated carbocycles. The molecule has 0 aromatic heterocycles. The molecule has 1 saturated heterocycles. The maximum atomic E-state index is 12.1. The van der Waals surface area contributed by atoms with Crippen molar-refractivity contribution in [2.45, 2.75) is 32.4 Å². The fraction of sp³-hybridized carbons (Fsp3) is 0.571. The molecule has 0 spiro atoms. The first-order valence-corrected chi connectivity index (χ1v) is 8.77. The fourth-order valence-electron chi connectivity index (χ4n) is 2.34. The normalized spacial score (nSPS) is 18.7. The Morgan fingerprint density at radius 2 is 2.29 bits per heavy atom. The second-order valence-corrected chi connectivity index (χ2v) is 6.75. The lowest BCUT2D eigenvalue weighted by Gasteiger charge is -2.14. The molecule has 21 heavy (non-hydrogen) atoms. The summed E-state index contributed by atoms with van der Waals surface area (Å²) >= 11 is 0. The molecule has 0 amide bonds. The van der Waals surface area contributed by atoms with Crippen molar-refractivity contribution in [1.82, 2.24) is 0 Å². The monoisotopic (exact) mass is 314 g/mol. The first-order valence-electron chi connectivity index (χ1n) is 7.12. The molecule has 1 aliphatic rings. The van der Waals surface area contributed by atoms with Crippen LogP contribution in [0.4, 0.5) is 5.69 Å². The molecule has 2 rings (SSSR count). The lowest BCUT2D eigenvalue weighted by atomic mass is 10.2. The number of rotatable bonds is 7. The first kappa shape index (κ1) is 16.1. The fourth-order valence-corrected chi connectivity index (χ4v) is 3.66. The second kappa shape index (κ2) is 7.11. The lowest BCUT2D eigenvalue weighted by molar-refractivity contribution is 0.127.